The molecule has 122 valence electrons. The molecule has 0 spiro atoms. The Balaban J connectivity index is 1.82. The highest BCUT2D eigenvalue weighted by atomic mass is 16.5. The summed E-state index contributed by atoms with van der Waals surface area (Å²) in [7, 11) is 1.63. The maximum atomic E-state index is 12.0. The Morgan fingerprint density at radius 1 is 1.13 bits per heavy atom. The normalized spacial score (nSPS) is 10.2. The third-order valence-electron chi connectivity index (χ3n) is 3.30. The van der Waals surface area contributed by atoms with Gasteiger partial charge in [-0.3, -0.25) is 4.79 Å². The average molecular weight is 314 g/mol. The van der Waals surface area contributed by atoms with Gasteiger partial charge < -0.3 is 20.5 Å². The molecule has 2 aromatic rings. The fourth-order valence-electron chi connectivity index (χ4n) is 2.12. The molecule has 1 amide bonds. The lowest BCUT2D eigenvalue weighted by Crippen LogP contribution is -2.12. The molecule has 5 heteroatoms. The molecule has 0 atom stereocenters. The van der Waals surface area contributed by atoms with Crippen LogP contribution in [0.25, 0.3) is 0 Å². The molecule has 0 bridgehead atoms. The summed E-state index contributed by atoms with van der Waals surface area (Å²) in [4.78, 5) is 12.0. The first-order chi connectivity index (χ1) is 11.2. The maximum absolute atomic E-state index is 12.0. The quantitative estimate of drug-likeness (QED) is 0.785. The van der Waals surface area contributed by atoms with Gasteiger partial charge in [0, 0.05) is 18.7 Å². The second kappa shape index (κ2) is 8.80. The highest BCUT2D eigenvalue weighted by molar-refractivity contribution is 5.90. The molecule has 2 aromatic carbocycles. The molecule has 0 unspecified atom stereocenters. The molecule has 0 aliphatic rings. The molecule has 2 rings (SSSR count). The fraction of sp³-hybridized carbons (Fsp3) is 0.278. The Labute approximate surface area is 136 Å². The van der Waals surface area contributed by atoms with E-state index in [2.05, 4.69) is 5.32 Å². The van der Waals surface area contributed by atoms with Crippen LogP contribution < -0.4 is 20.5 Å². The number of hydrogen-bond acceptors (Lipinski definition) is 4. The predicted molar refractivity (Wildman–Crippen MR) is 90.9 cm³/mol. The second-order valence-corrected chi connectivity index (χ2v) is 5.06. The number of rotatable bonds is 8. The summed E-state index contributed by atoms with van der Waals surface area (Å²) in [6.07, 6.45) is 1.08. The van der Waals surface area contributed by atoms with Crippen LogP contribution in [0.5, 0.6) is 11.5 Å². The smallest absolute Gasteiger partial charge is 0.224 e. The topological polar surface area (TPSA) is 73.6 Å². The van der Waals surface area contributed by atoms with Crippen molar-refractivity contribution < 1.29 is 14.3 Å². The number of amides is 1. The maximum Gasteiger partial charge on any atom is 0.224 e. The molecular formula is C18H22N2O3. The highest BCUT2D eigenvalue weighted by Gasteiger charge is 2.04. The molecule has 3 N–H and O–H groups in total. The van der Waals surface area contributed by atoms with Gasteiger partial charge in [0.05, 0.1) is 7.11 Å². The largest absolute Gasteiger partial charge is 0.497 e. The fourth-order valence-corrected chi connectivity index (χ4v) is 2.12. The molecule has 23 heavy (non-hydrogen) atoms. The number of ether oxygens (including phenoxy) is 2. The van der Waals surface area contributed by atoms with Crippen molar-refractivity contribution in [2.24, 2.45) is 5.73 Å². The van der Waals surface area contributed by atoms with Crippen LogP contribution in [0.3, 0.4) is 0 Å². The highest BCUT2D eigenvalue weighted by Crippen LogP contribution is 2.17. The van der Waals surface area contributed by atoms with E-state index in [1.54, 1.807) is 7.11 Å². The summed E-state index contributed by atoms with van der Waals surface area (Å²) in [5.74, 6) is 1.52. The van der Waals surface area contributed by atoms with Crippen molar-refractivity contribution in [3.05, 3.63) is 54.1 Å². The van der Waals surface area contributed by atoms with Gasteiger partial charge in [0.15, 0.2) is 0 Å². The summed E-state index contributed by atoms with van der Waals surface area (Å²) in [5, 5.41) is 2.87. The van der Waals surface area contributed by atoms with Crippen molar-refractivity contribution in [2.45, 2.75) is 12.8 Å². The van der Waals surface area contributed by atoms with Crippen LogP contribution in [-0.4, -0.2) is 26.2 Å². The Bertz CT molecular complexity index is 626. The van der Waals surface area contributed by atoms with Crippen LogP contribution in [0.4, 0.5) is 5.69 Å². The van der Waals surface area contributed by atoms with Gasteiger partial charge >= 0.3 is 0 Å². The Morgan fingerprint density at radius 2 is 1.91 bits per heavy atom. The van der Waals surface area contributed by atoms with Gasteiger partial charge in [0.1, 0.15) is 18.1 Å². The lowest BCUT2D eigenvalue weighted by atomic mass is 10.1. The van der Waals surface area contributed by atoms with E-state index in [0.717, 1.165) is 22.7 Å². The number of anilines is 1. The Morgan fingerprint density at radius 3 is 2.61 bits per heavy atom. The van der Waals surface area contributed by atoms with Crippen molar-refractivity contribution in [2.75, 3.05) is 25.6 Å². The molecule has 0 aliphatic heterocycles. The van der Waals surface area contributed by atoms with E-state index < -0.39 is 0 Å². The average Bonchev–Trinajstić information content (AvgIpc) is 2.59. The Kier molecular flexibility index (Phi) is 6.44. The first kappa shape index (κ1) is 16.8. The minimum Gasteiger partial charge on any atom is -0.497 e. The van der Waals surface area contributed by atoms with Crippen LogP contribution in [-0.2, 0) is 11.2 Å². The van der Waals surface area contributed by atoms with Crippen LogP contribution >= 0.6 is 0 Å². The van der Waals surface area contributed by atoms with Gasteiger partial charge in [0.2, 0.25) is 5.91 Å². The summed E-state index contributed by atoms with van der Waals surface area (Å²) in [6, 6.07) is 15.0. The van der Waals surface area contributed by atoms with Crippen molar-refractivity contribution in [3.8, 4) is 11.5 Å². The zero-order chi connectivity index (χ0) is 16.5. The molecule has 5 nitrogen and oxygen atoms in total. The van der Waals surface area contributed by atoms with Crippen LogP contribution in [0.15, 0.2) is 48.5 Å². The van der Waals surface area contributed by atoms with Crippen molar-refractivity contribution >= 4 is 11.6 Å². The molecule has 0 radical (unpaired) electrons. The van der Waals surface area contributed by atoms with E-state index >= 15 is 0 Å². The first-order valence-electron chi connectivity index (χ1n) is 7.57. The van der Waals surface area contributed by atoms with Crippen LogP contribution in [0, 0.1) is 0 Å². The lowest BCUT2D eigenvalue weighted by molar-refractivity contribution is -0.116. The van der Waals surface area contributed by atoms with Gasteiger partial charge in [0.25, 0.3) is 0 Å². The van der Waals surface area contributed by atoms with Crippen LogP contribution in [0.2, 0.25) is 0 Å². The number of benzene rings is 2. The van der Waals surface area contributed by atoms with E-state index in [0.29, 0.717) is 26.0 Å². The zero-order valence-corrected chi connectivity index (χ0v) is 13.2. The van der Waals surface area contributed by atoms with Gasteiger partial charge in [-0.05, 0) is 48.4 Å². The minimum atomic E-state index is -0.0246. The van der Waals surface area contributed by atoms with Gasteiger partial charge in [-0.15, -0.1) is 0 Å². The minimum absolute atomic E-state index is 0.0246. The van der Waals surface area contributed by atoms with E-state index in [1.165, 1.54) is 0 Å². The van der Waals surface area contributed by atoms with Crippen LogP contribution in [0.1, 0.15) is 12.0 Å². The SMILES string of the molecule is COc1cccc(CCC(=O)Nc2ccc(OCCN)cc2)c1. The predicted octanol–water partition coefficient (Wildman–Crippen LogP) is 2.60. The van der Waals surface area contributed by atoms with Crippen molar-refractivity contribution in [1.82, 2.24) is 0 Å². The number of carbonyl (C=O) groups is 1. The number of hydrogen-bond donors (Lipinski definition) is 2. The van der Waals surface area contributed by atoms with Gasteiger partial charge in [-0.25, -0.2) is 0 Å². The number of carbonyl (C=O) groups excluding carboxylic acids is 1. The second-order valence-electron chi connectivity index (χ2n) is 5.06. The number of methoxy groups -OCH3 is 1. The van der Waals surface area contributed by atoms with Crippen molar-refractivity contribution in [3.63, 3.8) is 0 Å². The summed E-state index contributed by atoms with van der Waals surface area (Å²) in [5.41, 5.74) is 7.21. The summed E-state index contributed by atoms with van der Waals surface area (Å²) >= 11 is 0. The van der Waals surface area contributed by atoms with E-state index in [1.807, 2.05) is 48.5 Å². The first-order valence-corrected chi connectivity index (χ1v) is 7.57. The molecule has 0 saturated heterocycles. The zero-order valence-electron chi connectivity index (χ0n) is 13.2. The molecular weight excluding hydrogens is 292 g/mol. The van der Waals surface area contributed by atoms with Gasteiger partial charge in [-0.1, -0.05) is 12.1 Å². The summed E-state index contributed by atoms with van der Waals surface area (Å²) < 4.78 is 10.6. The molecule has 0 saturated carbocycles. The van der Waals surface area contributed by atoms with E-state index in [-0.39, 0.29) is 5.91 Å². The monoisotopic (exact) mass is 314 g/mol. The summed E-state index contributed by atoms with van der Waals surface area (Å²) in [6.45, 7) is 0.953. The standard InChI is InChI=1S/C18H22N2O3/c1-22-17-4-2-3-14(13-17)5-10-18(21)20-15-6-8-16(9-7-15)23-12-11-19/h2-4,6-9,13H,5,10-12,19H2,1H3,(H,20,21). The third kappa shape index (κ3) is 5.64. The van der Waals surface area contributed by atoms with Gasteiger partial charge in [-0.2, -0.15) is 0 Å². The van der Waals surface area contributed by atoms with E-state index in [4.69, 9.17) is 15.2 Å². The number of nitrogens with two attached hydrogens (primary N) is 1. The molecule has 0 fully saturated rings. The molecule has 0 aliphatic carbocycles. The lowest BCUT2D eigenvalue weighted by Gasteiger charge is -2.08. The third-order valence-corrected chi connectivity index (χ3v) is 3.30. The van der Waals surface area contributed by atoms with E-state index in [9.17, 15) is 4.79 Å². The molecule has 0 aromatic heterocycles. The Hall–Kier alpha value is -2.53. The number of nitrogens with one attached hydrogen (secondary N) is 1. The van der Waals surface area contributed by atoms with Crippen molar-refractivity contribution in [1.29, 1.82) is 0 Å². The number of aryl methyl sites for hydroxylation is 1. The molecule has 0 heterocycles.